The van der Waals surface area contributed by atoms with Gasteiger partial charge in [-0.25, -0.2) is 0 Å². The number of benzene rings is 1. The van der Waals surface area contributed by atoms with Crippen LogP contribution in [0.4, 0.5) is 0 Å². The highest BCUT2D eigenvalue weighted by Crippen LogP contribution is 2.24. The number of allylic oxidation sites excluding steroid dienone is 2. The lowest BCUT2D eigenvalue weighted by atomic mass is 10.0. The molecule has 0 amide bonds. The van der Waals surface area contributed by atoms with E-state index in [0.29, 0.717) is 0 Å². The van der Waals surface area contributed by atoms with Crippen LogP contribution in [0.1, 0.15) is 39.2 Å². The topological polar surface area (TPSA) is 9.23 Å². The summed E-state index contributed by atoms with van der Waals surface area (Å²) in [6.45, 7) is 7.11. The summed E-state index contributed by atoms with van der Waals surface area (Å²) >= 11 is 0. The fourth-order valence-corrected chi connectivity index (χ4v) is 1.78. The molecule has 0 heterocycles. The minimum atomic E-state index is 0.750. The molecule has 0 aliphatic rings. The van der Waals surface area contributed by atoms with Gasteiger partial charge in [0.15, 0.2) is 0 Å². The van der Waals surface area contributed by atoms with Crippen molar-refractivity contribution in [3.05, 3.63) is 41.7 Å². The Morgan fingerprint density at radius 1 is 1.00 bits per heavy atom. The highest BCUT2D eigenvalue weighted by molar-refractivity contribution is 5.67. The first kappa shape index (κ1) is 11.8. The van der Waals surface area contributed by atoms with E-state index in [1.807, 2.05) is 13.0 Å². The minimum absolute atomic E-state index is 0.750. The van der Waals surface area contributed by atoms with E-state index in [1.165, 1.54) is 11.1 Å². The smallest absolute Gasteiger partial charge is 0.0994 e. The zero-order valence-electron chi connectivity index (χ0n) is 9.92. The van der Waals surface area contributed by atoms with Crippen LogP contribution in [0.5, 0.6) is 0 Å². The van der Waals surface area contributed by atoms with E-state index in [1.54, 1.807) is 0 Å². The van der Waals surface area contributed by atoms with Crippen LogP contribution in [0.2, 0.25) is 0 Å². The third-order valence-electron chi connectivity index (χ3n) is 2.45. The molecule has 1 aromatic rings. The molecule has 0 saturated carbocycles. The lowest BCUT2D eigenvalue weighted by molar-refractivity contribution is 0.222. The third-order valence-corrected chi connectivity index (χ3v) is 2.45. The largest absolute Gasteiger partial charge is 0.498 e. The molecule has 0 aliphatic heterocycles. The number of ether oxygens (including phenoxy) is 1. The second-order valence-corrected chi connectivity index (χ2v) is 3.41. The molecule has 0 bridgehead atoms. The molecule has 1 aromatic carbocycles. The Labute approximate surface area is 92.8 Å². The lowest BCUT2D eigenvalue weighted by Crippen LogP contribution is -1.96. The molecule has 0 saturated heterocycles. The van der Waals surface area contributed by atoms with Crippen molar-refractivity contribution in [3.8, 4) is 0 Å². The van der Waals surface area contributed by atoms with E-state index in [2.05, 4.69) is 38.1 Å². The van der Waals surface area contributed by atoms with Gasteiger partial charge in [-0.3, -0.25) is 0 Å². The fraction of sp³-hybridized carbons (Fsp3) is 0.429. The van der Waals surface area contributed by atoms with Gasteiger partial charge in [-0.1, -0.05) is 44.2 Å². The van der Waals surface area contributed by atoms with Crippen molar-refractivity contribution >= 4 is 5.57 Å². The van der Waals surface area contributed by atoms with Crippen LogP contribution in [-0.2, 0) is 4.74 Å². The van der Waals surface area contributed by atoms with Crippen molar-refractivity contribution in [2.75, 3.05) is 6.61 Å². The summed E-state index contributed by atoms with van der Waals surface area (Å²) in [7, 11) is 0. The maximum absolute atomic E-state index is 5.68. The summed E-state index contributed by atoms with van der Waals surface area (Å²) in [6.07, 6.45) is 1.99. The van der Waals surface area contributed by atoms with Crippen molar-refractivity contribution in [3.63, 3.8) is 0 Å². The van der Waals surface area contributed by atoms with Crippen LogP contribution in [0.25, 0.3) is 5.57 Å². The van der Waals surface area contributed by atoms with E-state index in [0.717, 1.165) is 25.2 Å². The molecule has 0 spiro atoms. The third kappa shape index (κ3) is 3.12. The standard InChI is InChI=1S/C14H20O/c1-4-13(14(5-2)15-6-3)12-10-8-7-9-11-12/h7-11H,4-6H2,1-3H3/b14-13-. The summed E-state index contributed by atoms with van der Waals surface area (Å²) in [5, 5.41) is 0. The normalized spacial score (nSPS) is 12.2. The van der Waals surface area contributed by atoms with Gasteiger partial charge in [0.05, 0.1) is 12.4 Å². The Morgan fingerprint density at radius 3 is 2.13 bits per heavy atom. The first-order valence-corrected chi connectivity index (χ1v) is 5.73. The van der Waals surface area contributed by atoms with Gasteiger partial charge in [-0.05, 0) is 24.5 Å². The average molecular weight is 204 g/mol. The number of rotatable bonds is 5. The summed E-state index contributed by atoms with van der Waals surface area (Å²) in [5.41, 5.74) is 2.62. The van der Waals surface area contributed by atoms with Crippen LogP contribution in [0.3, 0.4) is 0 Å². The molecule has 0 aliphatic carbocycles. The molecule has 0 aromatic heterocycles. The van der Waals surface area contributed by atoms with Crippen LogP contribution >= 0.6 is 0 Å². The Kier molecular flexibility index (Phi) is 4.96. The summed E-state index contributed by atoms with van der Waals surface area (Å²) < 4.78 is 5.68. The second kappa shape index (κ2) is 6.28. The molecule has 0 unspecified atom stereocenters. The van der Waals surface area contributed by atoms with Crippen LogP contribution in [-0.4, -0.2) is 6.61 Å². The zero-order chi connectivity index (χ0) is 11.1. The van der Waals surface area contributed by atoms with Crippen molar-refractivity contribution in [1.82, 2.24) is 0 Å². The Bertz CT molecular complexity index is 311. The molecule has 0 radical (unpaired) electrons. The second-order valence-electron chi connectivity index (χ2n) is 3.41. The van der Waals surface area contributed by atoms with Gasteiger partial charge in [0.1, 0.15) is 0 Å². The quantitative estimate of drug-likeness (QED) is 0.651. The minimum Gasteiger partial charge on any atom is -0.498 e. The Hall–Kier alpha value is -1.24. The molecule has 0 atom stereocenters. The Morgan fingerprint density at radius 2 is 1.67 bits per heavy atom. The Balaban J connectivity index is 3.05. The zero-order valence-corrected chi connectivity index (χ0v) is 9.92. The van der Waals surface area contributed by atoms with E-state index in [9.17, 15) is 0 Å². The molecule has 1 rings (SSSR count). The van der Waals surface area contributed by atoms with Crippen molar-refractivity contribution < 1.29 is 4.74 Å². The van der Waals surface area contributed by atoms with E-state index < -0.39 is 0 Å². The van der Waals surface area contributed by atoms with Gasteiger partial charge in [0.25, 0.3) is 0 Å². The molecular weight excluding hydrogens is 184 g/mol. The first-order valence-electron chi connectivity index (χ1n) is 5.73. The molecule has 1 nitrogen and oxygen atoms in total. The molecule has 0 N–H and O–H groups in total. The van der Waals surface area contributed by atoms with E-state index >= 15 is 0 Å². The maximum atomic E-state index is 5.68. The van der Waals surface area contributed by atoms with Crippen molar-refractivity contribution in [2.24, 2.45) is 0 Å². The summed E-state index contributed by atoms with van der Waals surface area (Å²) in [5.74, 6) is 1.13. The maximum Gasteiger partial charge on any atom is 0.0994 e. The lowest BCUT2D eigenvalue weighted by Gasteiger charge is -2.13. The fourth-order valence-electron chi connectivity index (χ4n) is 1.78. The SMILES string of the molecule is CCO/C(CC)=C(/CC)c1ccccc1. The molecule has 82 valence electrons. The van der Waals surface area contributed by atoms with Gasteiger partial charge < -0.3 is 4.74 Å². The van der Waals surface area contributed by atoms with Crippen LogP contribution < -0.4 is 0 Å². The van der Waals surface area contributed by atoms with Gasteiger partial charge in [-0.2, -0.15) is 0 Å². The number of hydrogen-bond acceptors (Lipinski definition) is 1. The average Bonchev–Trinajstić information content (AvgIpc) is 2.30. The van der Waals surface area contributed by atoms with Gasteiger partial charge >= 0.3 is 0 Å². The van der Waals surface area contributed by atoms with Crippen molar-refractivity contribution in [2.45, 2.75) is 33.6 Å². The predicted molar refractivity (Wildman–Crippen MR) is 65.6 cm³/mol. The monoisotopic (exact) mass is 204 g/mol. The highest BCUT2D eigenvalue weighted by Gasteiger charge is 2.06. The summed E-state index contributed by atoms with van der Waals surface area (Å²) in [6, 6.07) is 10.5. The van der Waals surface area contributed by atoms with E-state index in [-0.39, 0.29) is 0 Å². The van der Waals surface area contributed by atoms with E-state index in [4.69, 9.17) is 4.74 Å². The molecule has 1 heteroatoms. The molecule has 0 fully saturated rings. The van der Waals surface area contributed by atoms with Gasteiger partial charge in [-0.15, -0.1) is 0 Å². The van der Waals surface area contributed by atoms with Crippen LogP contribution in [0.15, 0.2) is 36.1 Å². The van der Waals surface area contributed by atoms with Gasteiger partial charge in [0.2, 0.25) is 0 Å². The number of hydrogen-bond donors (Lipinski definition) is 0. The highest BCUT2D eigenvalue weighted by atomic mass is 16.5. The molecule has 15 heavy (non-hydrogen) atoms. The molecular formula is C14H20O. The first-order chi connectivity index (χ1) is 7.33. The van der Waals surface area contributed by atoms with Gasteiger partial charge in [0, 0.05) is 6.42 Å². The summed E-state index contributed by atoms with van der Waals surface area (Å²) in [4.78, 5) is 0. The predicted octanol–water partition coefficient (Wildman–Crippen LogP) is 4.25. The van der Waals surface area contributed by atoms with Crippen LogP contribution in [0, 0.1) is 0 Å². The van der Waals surface area contributed by atoms with Crippen molar-refractivity contribution in [1.29, 1.82) is 0 Å².